The molecule has 2 atom stereocenters. The van der Waals surface area contributed by atoms with E-state index in [0.717, 1.165) is 10.8 Å². The van der Waals surface area contributed by atoms with Gasteiger partial charge in [-0.15, -0.1) is 0 Å². The molecule has 0 bridgehead atoms. The first-order chi connectivity index (χ1) is 16.1. The number of nitrogens with zero attached hydrogens (tertiary/aromatic N) is 3. The van der Waals surface area contributed by atoms with Crippen molar-refractivity contribution in [2.75, 3.05) is 20.3 Å². The highest BCUT2D eigenvalue weighted by molar-refractivity contribution is 7.80. The Bertz CT molecular complexity index is 1290. The van der Waals surface area contributed by atoms with E-state index < -0.39 is 0 Å². The Morgan fingerprint density at radius 2 is 1.82 bits per heavy atom. The molecule has 0 saturated carbocycles. The normalized spacial score (nSPS) is 18.2. The van der Waals surface area contributed by atoms with Crippen LogP contribution in [0.4, 0.5) is 0 Å². The summed E-state index contributed by atoms with van der Waals surface area (Å²) in [6.07, 6.45) is 1.84. The van der Waals surface area contributed by atoms with Gasteiger partial charge in [0.2, 0.25) is 0 Å². The molecule has 0 radical (unpaired) electrons. The lowest BCUT2D eigenvalue weighted by atomic mass is 9.97. The lowest BCUT2D eigenvalue weighted by molar-refractivity contribution is 0.164. The van der Waals surface area contributed by atoms with E-state index in [0.29, 0.717) is 13.2 Å². The van der Waals surface area contributed by atoms with Crippen LogP contribution in [0.3, 0.4) is 0 Å². The Morgan fingerprint density at radius 3 is 2.61 bits per heavy atom. The minimum atomic E-state index is -0.0305. The second kappa shape index (κ2) is 8.96. The van der Waals surface area contributed by atoms with Crippen LogP contribution in [0.25, 0.3) is 16.5 Å². The van der Waals surface area contributed by atoms with Gasteiger partial charge in [0.1, 0.15) is 0 Å². The maximum Gasteiger partial charge on any atom is 0.170 e. The minimum Gasteiger partial charge on any atom is -0.383 e. The molecule has 1 N–H and O–H groups in total. The quantitative estimate of drug-likeness (QED) is 0.401. The van der Waals surface area contributed by atoms with Crippen molar-refractivity contribution in [3.63, 3.8) is 0 Å². The monoisotopic (exact) mass is 456 g/mol. The van der Waals surface area contributed by atoms with Crippen molar-refractivity contribution in [2.24, 2.45) is 0 Å². The van der Waals surface area contributed by atoms with E-state index in [9.17, 15) is 0 Å². The second-order valence-electron chi connectivity index (χ2n) is 8.47. The third-order valence-corrected chi connectivity index (χ3v) is 6.88. The van der Waals surface area contributed by atoms with Crippen LogP contribution in [0.1, 0.15) is 34.7 Å². The molecule has 5 rings (SSSR count). The summed E-state index contributed by atoms with van der Waals surface area (Å²) in [5.74, 6) is 0. The van der Waals surface area contributed by atoms with Gasteiger partial charge in [0.25, 0.3) is 0 Å². The number of nitrogens with one attached hydrogen (secondary N) is 1. The van der Waals surface area contributed by atoms with E-state index in [1.54, 1.807) is 7.11 Å². The molecule has 0 unspecified atom stereocenters. The topological polar surface area (TPSA) is 42.3 Å². The van der Waals surface area contributed by atoms with Crippen LogP contribution < -0.4 is 5.32 Å². The number of benzene rings is 2. The molecular weight excluding hydrogens is 428 g/mol. The molecule has 0 aliphatic carbocycles. The average molecular weight is 457 g/mol. The number of methoxy groups -OCH3 is 1. The molecule has 1 aliphatic rings. The van der Waals surface area contributed by atoms with Crippen molar-refractivity contribution in [3.05, 3.63) is 95.6 Å². The smallest absolute Gasteiger partial charge is 0.170 e. The van der Waals surface area contributed by atoms with Crippen LogP contribution in [-0.2, 0) is 4.74 Å². The number of pyridine rings is 1. The number of thiocarbonyl (C=S) groups is 1. The van der Waals surface area contributed by atoms with E-state index in [4.69, 9.17) is 17.0 Å². The van der Waals surface area contributed by atoms with E-state index in [1.807, 2.05) is 18.3 Å². The van der Waals surface area contributed by atoms with Gasteiger partial charge in [-0.3, -0.25) is 4.98 Å². The maximum absolute atomic E-state index is 5.77. The Balaban J connectivity index is 1.66. The number of fused-ring (bicyclic) bond motifs is 1. The van der Waals surface area contributed by atoms with Crippen LogP contribution in [0, 0.1) is 13.8 Å². The molecule has 3 heterocycles. The van der Waals surface area contributed by atoms with Crippen molar-refractivity contribution in [1.29, 1.82) is 0 Å². The lowest BCUT2D eigenvalue weighted by Gasteiger charge is -2.28. The molecule has 0 amide bonds. The van der Waals surface area contributed by atoms with Gasteiger partial charge in [-0.2, -0.15) is 0 Å². The van der Waals surface area contributed by atoms with Crippen molar-refractivity contribution in [2.45, 2.75) is 25.9 Å². The maximum atomic E-state index is 5.77. The largest absolute Gasteiger partial charge is 0.383 e. The number of aromatic nitrogens is 2. The van der Waals surface area contributed by atoms with Gasteiger partial charge in [-0.05, 0) is 61.3 Å². The SMILES string of the molecule is COCCN1C(=S)N[C@@H](c2ccccn2)[C@H]1c1cc(C)n(-c2cccc3ccccc23)c1C. The molecular formula is C27H28N4OS. The molecule has 168 valence electrons. The lowest BCUT2D eigenvalue weighted by Crippen LogP contribution is -2.32. The van der Waals surface area contributed by atoms with Crippen LogP contribution >= 0.6 is 12.2 Å². The van der Waals surface area contributed by atoms with Gasteiger partial charge < -0.3 is 19.5 Å². The van der Waals surface area contributed by atoms with Gasteiger partial charge in [0, 0.05) is 36.6 Å². The van der Waals surface area contributed by atoms with Crippen LogP contribution in [0.5, 0.6) is 0 Å². The number of hydrogen-bond acceptors (Lipinski definition) is 3. The van der Waals surface area contributed by atoms with Crippen LogP contribution in [0.15, 0.2) is 72.9 Å². The highest BCUT2D eigenvalue weighted by Crippen LogP contribution is 2.41. The van der Waals surface area contributed by atoms with Crippen molar-refractivity contribution in [3.8, 4) is 5.69 Å². The average Bonchev–Trinajstić information content (AvgIpc) is 3.32. The van der Waals surface area contributed by atoms with Crippen LogP contribution in [0.2, 0.25) is 0 Å². The van der Waals surface area contributed by atoms with Gasteiger partial charge in [0.15, 0.2) is 5.11 Å². The fraction of sp³-hybridized carbons (Fsp3) is 0.259. The van der Waals surface area contributed by atoms with Gasteiger partial charge >= 0.3 is 0 Å². The second-order valence-corrected chi connectivity index (χ2v) is 8.86. The first kappa shape index (κ1) is 21.6. The predicted octanol–water partition coefficient (Wildman–Crippen LogP) is 5.26. The van der Waals surface area contributed by atoms with Crippen molar-refractivity contribution < 1.29 is 4.74 Å². The van der Waals surface area contributed by atoms with E-state index in [-0.39, 0.29) is 12.1 Å². The Kier molecular flexibility index (Phi) is 5.87. The van der Waals surface area contributed by atoms with E-state index >= 15 is 0 Å². The standard InChI is InChI=1S/C27H28N4OS/c1-18-17-22(19(2)31(18)24-13-8-10-20-9-4-5-11-21(20)24)26-25(23-12-6-7-14-28-23)29-27(33)30(26)15-16-32-3/h4-14,17,25-26H,15-16H2,1-3H3,(H,29,33)/t25-,26+/m0/s1. The fourth-order valence-corrected chi connectivity index (χ4v) is 5.37. The van der Waals surface area contributed by atoms with Crippen molar-refractivity contribution >= 4 is 28.1 Å². The van der Waals surface area contributed by atoms with Crippen molar-refractivity contribution in [1.82, 2.24) is 19.8 Å². The molecule has 6 heteroatoms. The van der Waals surface area contributed by atoms with Gasteiger partial charge in [-0.25, -0.2) is 0 Å². The summed E-state index contributed by atoms with van der Waals surface area (Å²) in [6.45, 7) is 5.70. The summed E-state index contributed by atoms with van der Waals surface area (Å²) < 4.78 is 7.77. The predicted molar refractivity (Wildman–Crippen MR) is 137 cm³/mol. The molecule has 33 heavy (non-hydrogen) atoms. The number of rotatable bonds is 6. The summed E-state index contributed by atoms with van der Waals surface area (Å²) in [5, 5.41) is 6.75. The van der Waals surface area contributed by atoms with Crippen LogP contribution in [-0.4, -0.2) is 39.8 Å². The first-order valence-corrected chi connectivity index (χ1v) is 11.6. The van der Waals surface area contributed by atoms with E-state index in [1.165, 1.54) is 33.4 Å². The Morgan fingerprint density at radius 1 is 1.03 bits per heavy atom. The summed E-state index contributed by atoms with van der Waals surface area (Å²) in [7, 11) is 1.73. The first-order valence-electron chi connectivity index (χ1n) is 11.2. The van der Waals surface area contributed by atoms with Gasteiger partial charge in [0.05, 0.1) is 30.1 Å². The highest BCUT2D eigenvalue weighted by Gasteiger charge is 2.41. The zero-order valence-electron chi connectivity index (χ0n) is 19.2. The van der Waals surface area contributed by atoms with Gasteiger partial charge in [-0.1, -0.05) is 42.5 Å². The molecule has 1 aliphatic heterocycles. The minimum absolute atomic E-state index is 0.0254. The molecule has 1 saturated heterocycles. The number of hydrogen-bond donors (Lipinski definition) is 1. The molecule has 1 fully saturated rings. The fourth-order valence-electron chi connectivity index (χ4n) is 5.04. The molecule has 0 spiro atoms. The number of aryl methyl sites for hydroxylation is 1. The molecule has 2 aromatic carbocycles. The summed E-state index contributed by atoms with van der Waals surface area (Å²) >= 11 is 5.77. The molecule has 4 aromatic rings. The summed E-state index contributed by atoms with van der Waals surface area (Å²) in [5.41, 5.74) is 5.84. The Hall–Kier alpha value is -3.22. The summed E-state index contributed by atoms with van der Waals surface area (Å²) in [4.78, 5) is 6.90. The molecule has 2 aromatic heterocycles. The zero-order chi connectivity index (χ0) is 22.9. The third kappa shape index (κ3) is 3.79. The molecule has 5 nitrogen and oxygen atoms in total. The summed E-state index contributed by atoms with van der Waals surface area (Å²) in [6, 6.07) is 23.4. The highest BCUT2D eigenvalue weighted by atomic mass is 32.1. The number of ether oxygens (including phenoxy) is 1. The Labute approximate surface area is 200 Å². The zero-order valence-corrected chi connectivity index (χ0v) is 20.0. The van der Waals surface area contributed by atoms with E-state index in [2.05, 4.69) is 88.2 Å². The third-order valence-electron chi connectivity index (χ3n) is 6.53.